The minimum atomic E-state index is -2.50. The number of rotatable bonds is 6. The molecule has 12 nitrogen and oxygen atoms in total. The zero-order valence-electron chi connectivity index (χ0n) is 13.8. The molecule has 0 aromatic heterocycles. The minimum Gasteiger partial charge on any atom is -0.394 e. The van der Waals surface area contributed by atoms with Gasteiger partial charge >= 0.3 is 0 Å². The van der Waals surface area contributed by atoms with Crippen LogP contribution in [0.4, 0.5) is 0 Å². The van der Waals surface area contributed by atoms with Gasteiger partial charge < -0.3 is 21.7 Å². The van der Waals surface area contributed by atoms with Gasteiger partial charge in [0.25, 0.3) is 5.91 Å². The third-order valence-electron chi connectivity index (χ3n) is 3.76. The molecule has 2 fully saturated rings. The Kier molecular flexibility index (Phi) is 6.92. The van der Waals surface area contributed by atoms with Crippen molar-refractivity contribution in [3.63, 3.8) is 0 Å². The van der Waals surface area contributed by atoms with E-state index < -0.39 is 47.5 Å². The number of aliphatic hydroxyl groups is 2. The molecule has 0 unspecified atom stereocenters. The minimum absolute atomic E-state index is 0.125. The normalized spacial score (nSPS) is 17.5. The van der Waals surface area contributed by atoms with Crippen LogP contribution < -0.4 is 11.5 Å². The molecule has 0 radical (unpaired) electrons. The number of likely N-dealkylation sites (tertiary alicyclic amines) is 2. The maximum atomic E-state index is 12.0. The summed E-state index contributed by atoms with van der Waals surface area (Å²) in [4.78, 5) is 72.2. The summed E-state index contributed by atoms with van der Waals surface area (Å²) in [5.41, 5.74) is 7.88. The molecule has 144 valence electrons. The van der Waals surface area contributed by atoms with Gasteiger partial charge in [-0.25, -0.2) is 9.80 Å². The molecule has 6 amide bonds. The third-order valence-corrected chi connectivity index (χ3v) is 3.76. The standard InChI is InChI=1S/C12H14N4O6.C2H6O2/c13-6(17)5-12(11(14)22,15-7(18)1-2-8(15)19)16-9(20)3-4-10(16)21;3-1-2-4/h1-5H2,(H2,13,17)(H2,14,22);3-4H,1-2H2. The van der Waals surface area contributed by atoms with Crippen molar-refractivity contribution in [2.75, 3.05) is 13.2 Å². The highest BCUT2D eigenvalue weighted by Crippen LogP contribution is 2.34. The molecule has 2 aliphatic heterocycles. The van der Waals surface area contributed by atoms with Crippen molar-refractivity contribution >= 4 is 35.4 Å². The van der Waals surface area contributed by atoms with Crippen LogP contribution in [-0.2, 0) is 28.8 Å². The monoisotopic (exact) mass is 372 g/mol. The molecule has 2 heterocycles. The smallest absolute Gasteiger partial charge is 0.265 e. The molecule has 6 N–H and O–H groups in total. The lowest BCUT2D eigenvalue weighted by atomic mass is 9.99. The van der Waals surface area contributed by atoms with Crippen LogP contribution in [0.3, 0.4) is 0 Å². The van der Waals surface area contributed by atoms with Crippen LogP contribution in [0.25, 0.3) is 0 Å². The van der Waals surface area contributed by atoms with E-state index in [9.17, 15) is 28.8 Å². The number of primary amides is 2. The van der Waals surface area contributed by atoms with E-state index in [-0.39, 0.29) is 38.9 Å². The predicted molar refractivity (Wildman–Crippen MR) is 82.1 cm³/mol. The molecule has 2 saturated heterocycles. The maximum absolute atomic E-state index is 12.0. The molecule has 0 aliphatic carbocycles. The maximum Gasteiger partial charge on any atom is 0.265 e. The number of nitrogens with zero attached hydrogens (tertiary/aromatic N) is 2. The fraction of sp³-hybridized carbons (Fsp3) is 0.571. The van der Waals surface area contributed by atoms with Crippen molar-refractivity contribution in [1.29, 1.82) is 0 Å². The van der Waals surface area contributed by atoms with E-state index in [1.54, 1.807) is 0 Å². The molecule has 2 aliphatic rings. The van der Waals surface area contributed by atoms with Crippen molar-refractivity contribution in [2.45, 2.75) is 37.8 Å². The molecule has 0 spiro atoms. The first-order valence-electron chi connectivity index (χ1n) is 7.65. The number of amides is 6. The fourth-order valence-corrected chi connectivity index (χ4v) is 2.79. The largest absolute Gasteiger partial charge is 0.394 e. The SMILES string of the molecule is NC(=O)CC(C(N)=O)(N1C(=O)CCC1=O)N1C(=O)CCC1=O.OCCO. The van der Waals surface area contributed by atoms with Gasteiger partial charge in [-0.2, -0.15) is 0 Å². The molecule has 0 bridgehead atoms. The van der Waals surface area contributed by atoms with Crippen LogP contribution in [0, 0.1) is 0 Å². The zero-order valence-corrected chi connectivity index (χ0v) is 13.8. The van der Waals surface area contributed by atoms with E-state index in [0.29, 0.717) is 9.80 Å². The number of hydrogen-bond acceptors (Lipinski definition) is 8. The summed E-state index contributed by atoms with van der Waals surface area (Å²) < 4.78 is 0. The summed E-state index contributed by atoms with van der Waals surface area (Å²) in [5.74, 6) is -5.59. The molecule has 2 rings (SSSR count). The summed E-state index contributed by atoms with van der Waals surface area (Å²) in [6.45, 7) is -0.250. The number of carbonyl (C=O) groups is 6. The lowest BCUT2D eigenvalue weighted by molar-refractivity contribution is -0.174. The van der Waals surface area contributed by atoms with Gasteiger partial charge in [0.1, 0.15) is 0 Å². The van der Waals surface area contributed by atoms with Crippen molar-refractivity contribution in [3.05, 3.63) is 0 Å². The van der Waals surface area contributed by atoms with Gasteiger partial charge in [0.2, 0.25) is 35.2 Å². The Morgan fingerprint density at radius 3 is 1.31 bits per heavy atom. The van der Waals surface area contributed by atoms with Gasteiger partial charge in [0, 0.05) is 25.7 Å². The molecular formula is C14H20N4O8. The summed E-state index contributed by atoms with van der Waals surface area (Å²) >= 11 is 0. The summed E-state index contributed by atoms with van der Waals surface area (Å²) in [6.07, 6.45) is -1.74. The molecule has 0 aromatic rings. The topological polar surface area (TPSA) is 201 Å². The second kappa shape index (κ2) is 8.49. The highest BCUT2D eigenvalue weighted by molar-refractivity contribution is 6.13. The fourth-order valence-electron chi connectivity index (χ4n) is 2.79. The van der Waals surface area contributed by atoms with Crippen LogP contribution in [0.1, 0.15) is 32.1 Å². The molecule has 0 saturated carbocycles. The van der Waals surface area contributed by atoms with Crippen LogP contribution in [0.5, 0.6) is 0 Å². The van der Waals surface area contributed by atoms with Gasteiger partial charge in [-0.3, -0.25) is 28.8 Å². The van der Waals surface area contributed by atoms with E-state index in [1.165, 1.54) is 0 Å². The molecular weight excluding hydrogens is 352 g/mol. The first-order valence-corrected chi connectivity index (χ1v) is 7.65. The second-order valence-corrected chi connectivity index (χ2v) is 5.52. The number of nitrogens with two attached hydrogens (primary N) is 2. The predicted octanol–water partition coefficient (Wildman–Crippen LogP) is -3.69. The van der Waals surface area contributed by atoms with E-state index in [1.807, 2.05) is 0 Å². The Hall–Kier alpha value is -2.86. The molecule has 26 heavy (non-hydrogen) atoms. The summed E-state index contributed by atoms with van der Waals surface area (Å²) in [7, 11) is 0. The Bertz CT molecular complexity index is 577. The van der Waals surface area contributed by atoms with Crippen LogP contribution in [0.2, 0.25) is 0 Å². The lowest BCUT2D eigenvalue weighted by Crippen LogP contribution is -2.71. The number of imide groups is 2. The number of hydrogen-bond donors (Lipinski definition) is 4. The van der Waals surface area contributed by atoms with E-state index in [2.05, 4.69) is 0 Å². The van der Waals surface area contributed by atoms with Crippen molar-refractivity contribution in [1.82, 2.24) is 9.80 Å². The van der Waals surface area contributed by atoms with Crippen LogP contribution in [-0.4, -0.2) is 74.3 Å². The molecule has 12 heteroatoms. The average Bonchev–Trinajstić information content (AvgIpc) is 3.07. The zero-order chi connectivity index (χ0) is 20.1. The van der Waals surface area contributed by atoms with E-state index >= 15 is 0 Å². The van der Waals surface area contributed by atoms with Crippen molar-refractivity contribution in [3.8, 4) is 0 Å². The Morgan fingerprint density at radius 2 is 1.12 bits per heavy atom. The number of aliphatic hydroxyl groups excluding tert-OH is 2. The Morgan fingerprint density at radius 1 is 0.808 bits per heavy atom. The highest BCUT2D eigenvalue weighted by Gasteiger charge is 2.60. The second-order valence-electron chi connectivity index (χ2n) is 5.52. The van der Waals surface area contributed by atoms with Gasteiger partial charge in [-0.15, -0.1) is 0 Å². The number of carbonyl (C=O) groups excluding carboxylic acids is 6. The highest BCUT2D eigenvalue weighted by atomic mass is 16.3. The average molecular weight is 372 g/mol. The lowest BCUT2D eigenvalue weighted by Gasteiger charge is -2.42. The Balaban J connectivity index is 0.000000765. The van der Waals surface area contributed by atoms with Crippen LogP contribution in [0.15, 0.2) is 0 Å². The van der Waals surface area contributed by atoms with Gasteiger partial charge in [0.15, 0.2) is 0 Å². The third kappa shape index (κ3) is 3.86. The van der Waals surface area contributed by atoms with Gasteiger partial charge in [0.05, 0.1) is 19.6 Å². The van der Waals surface area contributed by atoms with Crippen LogP contribution >= 0.6 is 0 Å². The van der Waals surface area contributed by atoms with Crippen molar-refractivity contribution in [2.24, 2.45) is 11.5 Å². The quantitative estimate of drug-likeness (QED) is 0.341. The molecule has 0 atom stereocenters. The first kappa shape index (κ1) is 21.2. The van der Waals surface area contributed by atoms with E-state index in [4.69, 9.17) is 21.7 Å². The van der Waals surface area contributed by atoms with E-state index in [0.717, 1.165) is 0 Å². The molecule has 0 aromatic carbocycles. The Labute approximate surface area is 147 Å². The van der Waals surface area contributed by atoms with Crippen molar-refractivity contribution < 1.29 is 39.0 Å². The first-order chi connectivity index (χ1) is 12.1. The van der Waals surface area contributed by atoms with Gasteiger partial charge in [-0.1, -0.05) is 0 Å². The summed E-state index contributed by atoms with van der Waals surface area (Å²) in [5, 5.41) is 15.2. The van der Waals surface area contributed by atoms with Gasteiger partial charge in [-0.05, 0) is 0 Å². The summed E-state index contributed by atoms with van der Waals surface area (Å²) in [6, 6.07) is 0.